The summed E-state index contributed by atoms with van der Waals surface area (Å²) in [6.07, 6.45) is 3.83. The number of likely N-dealkylation sites (N-methyl/N-ethyl adjacent to an activating group) is 2. The van der Waals surface area contributed by atoms with E-state index in [0.717, 1.165) is 32.1 Å². The number of benzene rings is 1. The highest BCUT2D eigenvalue weighted by Crippen LogP contribution is 2.22. The van der Waals surface area contributed by atoms with Crippen LogP contribution in [0.1, 0.15) is 30.9 Å². The van der Waals surface area contributed by atoms with Crippen LogP contribution in [-0.4, -0.2) is 56.1 Å². The Hall–Kier alpha value is -0.900. The lowest BCUT2D eigenvalue weighted by Gasteiger charge is -2.27. The maximum atomic E-state index is 3.43. The van der Waals surface area contributed by atoms with E-state index in [-0.39, 0.29) is 0 Å². The summed E-state index contributed by atoms with van der Waals surface area (Å²) in [6.45, 7) is 7.84. The maximum absolute atomic E-state index is 3.43. The second kappa shape index (κ2) is 8.52. The van der Waals surface area contributed by atoms with Gasteiger partial charge < -0.3 is 10.2 Å². The molecule has 1 fully saturated rings. The van der Waals surface area contributed by atoms with Crippen LogP contribution in [0.15, 0.2) is 24.3 Å². The van der Waals surface area contributed by atoms with Crippen LogP contribution in [0.25, 0.3) is 0 Å². The van der Waals surface area contributed by atoms with E-state index in [2.05, 4.69) is 60.4 Å². The first-order chi connectivity index (χ1) is 10.2. The van der Waals surface area contributed by atoms with Crippen LogP contribution >= 0.6 is 0 Å². The standard InChI is InChI=1S/C18H31N3/c1-4-19-12-11-16-8-5-6-9-17(16)14-21-13-7-10-18(21)15-20(2)3/h5-6,8-9,18-19H,4,7,10-15H2,1-3H3. The van der Waals surface area contributed by atoms with Gasteiger partial charge in [-0.3, -0.25) is 4.90 Å². The summed E-state index contributed by atoms with van der Waals surface area (Å²) in [7, 11) is 4.36. The van der Waals surface area contributed by atoms with E-state index in [4.69, 9.17) is 0 Å². The molecule has 1 unspecified atom stereocenters. The Bertz CT molecular complexity index is 417. The van der Waals surface area contributed by atoms with E-state index in [1.54, 1.807) is 0 Å². The Labute approximate surface area is 130 Å². The lowest BCUT2D eigenvalue weighted by atomic mass is 10.0. The van der Waals surface area contributed by atoms with Crippen LogP contribution in [0.5, 0.6) is 0 Å². The van der Waals surface area contributed by atoms with Crippen molar-refractivity contribution in [3.63, 3.8) is 0 Å². The van der Waals surface area contributed by atoms with Gasteiger partial charge in [-0.1, -0.05) is 31.2 Å². The van der Waals surface area contributed by atoms with Gasteiger partial charge >= 0.3 is 0 Å². The molecule has 1 aromatic carbocycles. The van der Waals surface area contributed by atoms with Crippen molar-refractivity contribution in [1.82, 2.24) is 15.1 Å². The highest BCUT2D eigenvalue weighted by molar-refractivity contribution is 5.27. The molecular formula is C18H31N3. The quantitative estimate of drug-likeness (QED) is 0.741. The topological polar surface area (TPSA) is 18.5 Å². The third kappa shape index (κ3) is 5.10. The largest absolute Gasteiger partial charge is 0.317 e. The van der Waals surface area contributed by atoms with Crippen molar-refractivity contribution in [1.29, 1.82) is 0 Å². The Morgan fingerprint density at radius 1 is 1.24 bits per heavy atom. The predicted octanol–water partition coefficient (Wildman–Crippen LogP) is 2.36. The van der Waals surface area contributed by atoms with Crippen LogP contribution in [-0.2, 0) is 13.0 Å². The molecule has 0 amide bonds. The fourth-order valence-corrected chi connectivity index (χ4v) is 3.31. The summed E-state index contributed by atoms with van der Waals surface area (Å²) >= 11 is 0. The van der Waals surface area contributed by atoms with Gasteiger partial charge in [0.15, 0.2) is 0 Å². The van der Waals surface area contributed by atoms with Crippen molar-refractivity contribution in [2.75, 3.05) is 40.3 Å². The number of hydrogen-bond donors (Lipinski definition) is 1. The third-order valence-corrected chi connectivity index (χ3v) is 4.39. The summed E-state index contributed by atoms with van der Waals surface area (Å²) < 4.78 is 0. The molecule has 1 aromatic rings. The molecule has 3 heteroatoms. The van der Waals surface area contributed by atoms with E-state index in [9.17, 15) is 0 Å². The first-order valence-corrected chi connectivity index (χ1v) is 8.37. The summed E-state index contributed by atoms with van der Waals surface area (Å²) in [4.78, 5) is 4.99. The van der Waals surface area contributed by atoms with Gasteiger partial charge in [0.2, 0.25) is 0 Å². The molecule has 118 valence electrons. The molecule has 1 aliphatic heterocycles. The molecule has 1 N–H and O–H groups in total. The predicted molar refractivity (Wildman–Crippen MR) is 90.7 cm³/mol. The fourth-order valence-electron chi connectivity index (χ4n) is 3.31. The highest BCUT2D eigenvalue weighted by Gasteiger charge is 2.25. The number of hydrogen-bond acceptors (Lipinski definition) is 3. The fraction of sp³-hybridized carbons (Fsp3) is 0.667. The van der Waals surface area contributed by atoms with Crippen LogP contribution < -0.4 is 5.32 Å². The molecule has 1 aliphatic rings. The van der Waals surface area contributed by atoms with Crippen molar-refractivity contribution in [3.05, 3.63) is 35.4 Å². The van der Waals surface area contributed by atoms with Crippen molar-refractivity contribution >= 4 is 0 Å². The first-order valence-electron chi connectivity index (χ1n) is 8.37. The minimum atomic E-state index is 0.724. The van der Waals surface area contributed by atoms with Crippen molar-refractivity contribution in [3.8, 4) is 0 Å². The number of nitrogens with zero attached hydrogens (tertiary/aromatic N) is 2. The Kier molecular flexibility index (Phi) is 6.68. The lowest BCUT2D eigenvalue weighted by molar-refractivity contribution is 0.200. The Balaban J connectivity index is 1.98. The summed E-state index contributed by atoms with van der Waals surface area (Å²) in [5.74, 6) is 0. The molecule has 3 nitrogen and oxygen atoms in total. The van der Waals surface area contributed by atoms with Crippen molar-refractivity contribution in [2.24, 2.45) is 0 Å². The molecule has 21 heavy (non-hydrogen) atoms. The molecule has 1 saturated heterocycles. The Morgan fingerprint density at radius 2 is 2.00 bits per heavy atom. The van der Waals surface area contributed by atoms with E-state index in [1.807, 2.05) is 0 Å². The molecule has 0 spiro atoms. The smallest absolute Gasteiger partial charge is 0.0239 e. The minimum absolute atomic E-state index is 0.724. The zero-order chi connectivity index (χ0) is 15.1. The third-order valence-electron chi connectivity index (χ3n) is 4.39. The van der Waals surface area contributed by atoms with Crippen molar-refractivity contribution in [2.45, 2.75) is 38.8 Å². The van der Waals surface area contributed by atoms with Crippen LogP contribution in [0.2, 0.25) is 0 Å². The number of nitrogens with one attached hydrogen (secondary N) is 1. The molecule has 0 saturated carbocycles. The van der Waals surface area contributed by atoms with E-state index in [1.165, 1.54) is 37.1 Å². The molecule has 1 atom stereocenters. The second-order valence-electron chi connectivity index (χ2n) is 6.40. The minimum Gasteiger partial charge on any atom is -0.317 e. The van der Waals surface area contributed by atoms with Gasteiger partial charge in [0.05, 0.1) is 0 Å². The highest BCUT2D eigenvalue weighted by atomic mass is 15.2. The molecule has 2 rings (SSSR count). The van der Waals surface area contributed by atoms with Crippen LogP contribution in [0, 0.1) is 0 Å². The lowest BCUT2D eigenvalue weighted by Crippen LogP contribution is -2.37. The zero-order valence-corrected chi connectivity index (χ0v) is 13.9. The van der Waals surface area contributed by atoms with E-state index >= 15 is 0 Å². The molecule has 0 radical (unpaired) electrons. The van der Waals surface area contributed by atoms with Gasteiger partial charge in [-0.25, -0.2) is 0 Å². The summed E-state index contributed by atoms with van der Waals surface area (Å²) in [5.41, 5.74) is 3.02. The monoisotopic (exact) mass is 289 g/mol. The van der Waals surface area contributed by atoms with E-state index < -0.39 is 0 Å². The van der Waals surface area contributed by atoms with Gasteiger partial charge in [0.25, 0.3) is 0 Å². The molecular weight excluding hydrogens is 258 g/mol. The number of likely N-dealkylation sites (tertiary alicyclic amines) is 1. The van der Waals surface area contributed by atoms with Gasteiger partial charge in [-0.2, -0.15) is 0 Å². The average molecular weight is 289 g/mol. The molecule has 0 aromatic heterocycles. The number of rotatable bonds is 8. The van der Waals surface area contributed by atoms with Crippen LogP contribution in [0.4, 0.5) is 0 Å². The van der Waals surface area contributed by atoms with E-state index in [0.29, 0.717) is 0 Å². The average Bonchev–Trinajstić information content (AvgIpc) is 2.87. The molecule has 0 bridgehead atoms. The van der Waals surface area contributed by atoms with Crippen LogP contribution in [0.3, 0.4) is 0 Å². The Morgan fingerprint density at radius 3 is 2.71 bits per heavy atom. The van der Waals surface area contributed by atoms with Gasteiger partial charge in [-0.05, 0) is 64.1 Å². The molecule has 1 heterocycles. The SMILES string of the molecule is CCNCCc1ccccc1CN1CCCC1CN(C)C. The molecule has 0 aliphatic carbocycles. The summed E-state index contributed by atoms with van der Waals surface area (Å²) in [6, 6.07) is 9.69. The summed E-state index contributed by atoms with van der Waals surface area (Å²) in [5, 5.41) is 3.43. The van der Waals surface area contributed by atoms with Gasteiger partial charge in [-0.15, -0.1) is 0 Å². The zero-order valence-electron chi connectivity index (χ0n) is 13.9. The maximum Gasteiger partial charge on any atom is 0.0239 e. The van der Waals surface area contributed by atoms with Gasteiger partial charge in [0.1, 0.15) is 0 Å². The second-order valence-corrected chi connectivity index (χ2v) is 6.40. The van der Waals surface area contributed by atoms with Gasteiger partial charge in [0, 0.05) is 19.1 Å². The first kappa shape index (κ1) is 16.5. The normalized spacial score (nSPS) is 19.5. The van der Waals surface area contributed by atoms with Crippen molar-refractivity contribution < 1.29 is 0 Å².